The minimum Gasteiger partial charge on any atom is -0.396 e. The Hall–Kier alpha value is -0.0900. The number of nitrogens with one attached hydrogen (secondary N) is 1. The van der Waals surface area contributed by atoms with Gasteiger partial charge in [-0.25, -0.2) is 0 Å². The van der Waals surface area contributed by atoms with E-state index in [0.717, 1.165) is 10.8 Å². The van der Waals surface area contributed by atoms with Crippen molar-refractivity contribution >= 4 is 22.9 Å². The topological polar surface area (TPSA) is 32.3 Å². The van der Waals surface area contributed by atoms with Crippen molar-refractivity contribution in [1.29, 1.82) is 0 Å². The summed E-state index contributed by atoms with van der Waals surface area (Å²) in [5.74, 6) is 0.602. The van der Waals surface area contributed by atoms with Gasteiger partial charge in [0.2, 0.25) is 0 Å². The lowest BCUT2D eigenvalue weighted by Gasteiger charge is -2.34. The van der Waals surface area contributed by atoms with Crippen molar-refractivity contribution in [2.75, 3.05) is 6.61 Å². The fourth-order valence-corrected chi connectivity index (χ4v) is 4.42. The van der Waals surface area contributed by atoms with Crippen LogP contribution >= 0.6 is 22.9 Å². The summed E-state index contributed by atoms with van der Waals surface area (Å²) in [6, 6.07) is 3.21. The maximum atomic E-state index is 9.15. The van der Waals surface area contributed by atoms with Gasteiger partial charge in [0.1, 0.15) is 0 Å². The third-order valence-corrected chi connectivity index (χ3v) is 5.25. The molecule has 2 rings (SSSR count). The number of piperidine rings is 1. The Balaban J connectivity index is 2.18. The van der Waals surface area contributed by atoms with Crippen molar-refractivity contribution in [1.82, 2.24) is 5.32 Å². The number of hydrogen-bond acceptors (Lipinski definition) is 3. The van der Waals surface area contributed by atoms with Crippen LogP contribution in [0.1, 0.15) is 49.5 Å². The zero-order valence-corrected chi connectivity index (χ0v) is 12.7. The Bertz CT molecular complexity index is 393. The molecule has 0 radical (unpaired) electrons. The SMILES string of the molecule is CCC1CC(c2sc(Cl)cc2CCO)CC(C)N1. The fourth-order valence-electron chi connectivity index (χ4n) is 2.97. The molecule has 2 nitrogen and oxygen atoms in total. The normalized spacial score (nSPS) is 28.6. The second-order valence-electron chi connectivity index (χ2n) is 5.25. The number of hydrogen-bond donors (Lipinski definition) is 2. The van der Waals surface area contributed by atoms with Crippen molar-refractivity contribution in [3.8, 4) is 0 Å². The molecule has 0 saturated carbocycles. The summed E-state index contributed by atoms with van der Waals surface area (Å²) >= 11 is 7.85. The van der Waals surface area contributed by atoms with E-state index >= 15 is 0 Å². The number of halogens is 1. The third-order valence-electron chi connectivity index (χ3n) is 3.78. The molecule has 1 aliphatic heterocycles. The van der Waals surface area contributed by atoms with E-state index in [1.807, 2.05) is 6.07 Å². The average Bonchev–Trinajstić information content (AvgIpc) is 2.70. The molecule has 0 aromatic carbocycles. The predicted octanol–water partition coefficient (Wildman–Crippen LogP) is 3.57. The van der Waals surface area contributed by atoms with E-state index < -0.39 is 0 Å². The maximum Gasteiger partial charge on any atom is 0.0934 e. The van der Waals surface area contributed by atoms with Crippen LogP contribution in [-0.2, 0) is 6.42 Å². The minimum atomic E-state index is 0.206. The van der Waals surface area contributed by atoms with E-state index in [9.17, 15) is 0 Å². The monoisotopic (exact) mass is 287 g/mol. The summed E-state index contributed by atoms with van der Waals surface area (Å²) in [5, 5.41) is 12.8. The summed E-state index contributed by atoms with van der Waals surface area (Å²) in [7, 11) is 0. The van der Waals surface area contributed by atoms with E-state index in [1.165, 1.54) is 29.7 Å². The molecule has 1 aromatic heterocycles. The van der Waals surface area contributed by atoms with E-state index in [-0.39, 0.29) is 6.61 Å². The van der Waals surface area contributed by atoms with Gasteiger partial charge in [0, 0.05) is 23.6 Å². The number of rotatable bonds is 4. The van der Waals surface area contributed by atoms with Crippen LogP contribution in [0.25, 0.3) is 0 Å². The van der Waals surface area contributed by atoms with Crippen LogP contribution in [-0.4, -0.2) is 23.8 Å². The summed E-state index contributed by atoms with van der Waals surface area (Å²) < 4.78 is 0.854. The number of thiophene rings is 1. The molecule has 102 valence electrons. The van der Waals surface area contributed by atoms with Gasteiger partial charge in [0.05, 0.1) is 4.34 Å². The summed E-state index contributed by atoms with van der Waals surface area (Å²) in [4.78, 5) is 1.40. The Kier molecular flexibility index (Phi) is 5.07. The van der Waals surface area contributed by atoms with Gasteiger partial charge in [0.25, 0.3) is 0 Å². The van der Waals surface area contributed by atoms with E-state index in [2.05, 4.69) is 19.2 Å². The molecule has 3 unspecified atom stereocenters. The zero-order valence-electron chi connectivity index (χ0n) is 11.1. The highest BCUT2D eigenvalue weighted by molar-refractivity contribution is 7.16. The highest BCUT2D eigenvalue weighted by Crippen LogP contribution is 2.39. The first kappa shape index (κ1) is 14.3. The van der Waals surface area contributed by atoms with E-state index in [4.69, 9.17) is 16.7 Å². The minimum absolute atomic E-state index is 0.206. The fraction of sp³-hybridized carbons (Fsp3) is 0.714. The molecule has 18 heavy (non-hydrogen) atoms. The molecule has 2 N–H and O–H groups in total. The second-order valence-corrected chi connectivity index (χ2v) is 6.97. The van der Waals surface area contributed by atoms with Gasteiger partial charge in [-0.1, -0.05) is 18.5 Å². The van der Waals surface area contributed by atoms with Gasteiger partial charge >= 0.3 is 0 Å². The molecule has 1 aliphatic rings. The molecule has 2 heterocycles. The zero-order chi connectivity index (χ0) is 13.1. The van der Waals surface area contributed by atoms with Crippen molar-refractivity contribution in [3.05, 3.63) is 20.8 Å². The number of aliphatic hydroxyl groups is 1. The van der Waals surface area contributed by atoms with Gasteiger partial charge in [-0.15, -0.1) is 11.3 Å². The van der Waals surface area contributed by atoms with Gasteiger partial charge in [-0.3, -0.25) is 0 Å². The van der Waals surface area contributed by atoms with Crippen LogP contribution in [0.5, 0.6) is 0 Å². The first-order valence-electron chi connectivity index (χ1n) is 6.79. The predicted molar refractivity (Wildman–Crippen MR) is 78.8 cm³/mol. The lowest BCUT2D eigenvalue weighted by atomic mass is 9.85. The third kappa shape index (κ3) is 3.27. The first-order chi connectivity index (χ1) is 8.63. The van der Waals surface area contributed by atoms with Crippen LogP contribution in [0.4, 0.5) is 0 Å². The van der Waals surface area contributed by atoms with Crippen LogP contribution < -0.4 is 5.32 Å². The van der Waals surface area contributed by atoms with Crippen LogP contribution in [0.15, 0.2) is 6.07 Å². The number of aliphatic hydroxyl groups excluding tert-OH is 1. The van der Waals surface area contributed by atoms with E-state index in [0.29, 0.717) is 18.0 Å². The molecule has 1 aromatic rings. The lowest BCUT2D eigenvalue weighted by molar-refractivity contribution is 0.291. The van der Waals surface area contributed by atoms with Crippen molar-refractivity contribution < 1.29 is 5.11 Å². The first-order valence-corrected chi connectivity index (χ1v) is 7.98. The molecular formula is C14H22ClNOS. The van der Waals surface area contributed by atoms with Crippen molar-refractivity contribution in [2.24, 2.45) is 0 Å². The summed E-state index contributed by atoms with van der Waals surface area (Å²) in [5.41, 5.74) is 1.25. The molecule has 4 heteroatoms. The molecule has 0 spiro atoms. The van der Waals surface area contributed by atoms with Gasteiger partial charge < -0.3 is 10.4 Å². The highest BCUT2D eigenvalue weighted by Gasteiger charge is 2.28. The molecule has 0 amide bonds. The standard InChI is InChI=1S/C14H22ClNOS/c1-3-12-7-11(6-9(2)16-12)14-10(4-5-17)8-13(15)18-14/h8-9,11-12,16-17H,3-7H2,1-2H3. The molecule has 1 fully saturated rings. The Morgan fingerprint density at radius 2 is 2.28 bits per heavy atom. The molecule has 0 aliphatic carbocycles. The Labute approximate surface area is 118 Å². The largest absolute Gasteiger partial charge is 0.396 e. The average molecular weight is 288 g/mol. The Morgan fingerprint density at radius 1 is 1.50 bits per heavy atom. The molecular weight excluding hydrogens is 266 g/mol. The smallest absolute Gasteiger partial charge is 0.0934 e. The van der Waals surface area contributed by atoms with E-state index in [1.54, 1.807) is 11.3 Å². The molecule has 3 atom stereocenters. The Morgan fingerprint density at radius 3 is 2.94 bits per heavy atom. The van der Waals surface area contributed by atoms with Crippen LogP contribution in [0.2, 0.25) is 4.34 Å². The highest BCUT2D eigenvalue weighted by atomic mass is 35.5. The summed E-state index contributed by atoms with van der Waals surface area (Å²) in [6.45, 7) is 4.70. The van der Waals surface area contributed by atoms with Gasteiger partial charge in [0.15, 0.2) is 0 Å². The molecule has 0 bridgehead atoms. The maximum absolute atomic E-state index is 9.15. The van der Waals surface area contributed by atoms with Crippen LogP contribution in [0.3, 0.4) is 0 Å². The van der Waals surface area contributed by atoms with Crippen LogP contribution in [0, 0.1) is 0 Å². The van der Waals surface area contributed by atoms with Gasteiger partial charge in [-0.05, 0) is 50.2 Å². The summed E-state index contributed by atoms with van der Waals surface area (Å²) in [6.07, 6.45) is 4.27. The quantitative estimate of drug-likeness (QED) is 0.887. The second kappa shape index (κ2) is 6.38. The lowest BCUT2D eigenvalue weighted by Crippen LogP contribution is -2.42. The van der Waals surface area contributed by atoms with Gasteiger partial charge in [-0.2, -0.15) is 0 Å². The van der Waals surface area contributed by atoms with Crippen molar-refractivity contribution in [3.63, 3.8) is 0 Å². The van der Waals surface area contributed by atoms with Crippen molar-refractivity contribution in [2.45, 2.75) is 57.5 Å². The molecule has 1 saturated heterocycles.